The van der Waals surface area contributed by atoms with Crippen LogP contribution in [0.5, 0.6) is 5.75 Å². The summed E-state index contributed by atoms with van der Waals surface area (Å²) in [5.74, 6) is 0.135. The van der Waals surface area contributed by atoms with Gasteiger partial charge in [-0.2, -0.15) is 0 Å². The monoisotopic (exact) mass is 391 g/mol. The van der Waals surface area contributed by atoms with E-state index in [-0.39, 0.29) is 6.10 Å². The molecular formula is C24H41NO3. The smallest absolute Gasteiger partial charge is 0.303 e. The lowest BCUT2D eigenvalue weighted by Gasteiger charge is -2.16. The third-order valence-corrected chi connectivity index (χ3v) is 5.25. The highest BCUT2D eigenvalue weighted by molar-refractivity contribution is 5.66. The second-order valence-corrected chi connectivity index (χ2v) is 7.99. The zero-order valence-electron chi connectivity index (χ0n) is 17.8. The van der Waals surface area contributed by atoms with Crippen LogP contribution in [-0.4, -0.2) is 17.2 Å². The number of carboxylic acids is 1. The Kier molecular flexibility index (Phi) is 14.1. The normalized spacial score (nSPS) is 12.0. The lowest BCUT2D eigenvalue weighted by molar-refractivity contribution is -0.137. The largest absolute Gasteiger partial charge is 0.489 e. The highest BCUT2D eigenvalue weighted by atomic mass is 16.5. The van der Waals surface area contributed by atoms with Crippen molar-refractivity contribution in [1.82, 2.24) is 0 Å². The Hall–Kier alpha value is -1.71. The van der Waals surface area contributed by atoms with E-state index in [2.05, 4.69) is 6.92 Å². The molecule has 1 rings (SSSR count). The lowest BCUT2D eigenvalue weighted by atomic mass is 10.0. The molecule has 0 fully saturated rings. The number of carboxylic acid groups (broad SMARTS) is 1. The topological polar surface area (TPSA) is 72.5 Å². The average Bonchev–Trinajstić information content (AvgIpc) is 2.66. The molecule has 1 unspecified atom stereocenters. The fourth-order valence-corrected chi connectivity index (χ4v) is 3.52. The van der Waals surface area contributed by atoms with Gasteiger partial charge in [0, 0.05) is 6.42 Å². The van der Waals surface area contributed by atoms with Crippen molar-refractivity contribution in [1.29, 1.82) is 0 Å². The summed E-state index contributed by atoms with van der Waals surface area (Å²) in [5.41, 5.74) is 6.63. The van der Waals surface area contributed by atoms with Crippen LogP contribution in [-0.2, 0) is 4.79 Å². The minimum atomic E-state index is -0.666. The number of para-hydroxylation sites is 2. The summed E-state index contributed by atoms with van der Waals surface area (Å²) in [7, 11) is 0. The van der Waals surface area contributed by atoms with Gasteiger partial charge in [0.25, 0.3) is 0 Å². The minimum absolute atomic E-state index is 0.217. The second-order valence-electron chi connectivity index (χ2n) is 7.99. The van der Waals surface area contributed by atoms with Gasteiger partial charge in [0.05, 0.1) is 11.8 Å². The number of nitrogens with two attached hydrogens (primary N) is 1. The number of rotatable bonds is 18. The van der Waals surface area contributed by atoms with Crippen molar-refractivity contribution in [3.8, 4) is 5.75 Å². The molecule has 3 N–H and O–H groups in total. The third kappa shape index (κ3) is 13.5. The van der Waals surface area contributed by atoms with Crippen molar-refractivity contribution < 1.29 is 14.6 Å². The van der Waals surface area contributed by atoms with E-state index in [0.717, 1.165) is 25.0 Å². The van der Waals surface area contributed by atoms with Crippen molar-refractivity contribution in [3.63, 3.8) is 0 Å². The van der Waals surface area contributed by atoms with E-state index >= 15 is 0 Å². The number of benzene rings is 1. The number of nitrogen functional groups attached to an aromatic ring is 1. The molecule has 0 aliphatic rings. The van der Waals surface area contributed by atoms with Gasteiger partial charge in [-0.25, -0.2) is 0 Å². The SMILES string of the molecule is CC(CCCCCCCCCCCCCCCC(=O)O)Oc1ccccc1N. The number of aliphatic carboxylic acids is 1. The first-order chi connectivity index (χ1) is 13.6. The van der Waals surface area contributed by atoms with Crippen LogP contribution in [0.15, 0.2) is 24.3 Å². The van der Waals surface area contributed by atoms with Crippen LogP contribution in [0.25, 0.3) is 0 Å². The maximum atomic E-state index is 10.4. The number of anilines is 1. The minimum Gasteiger partial charge on any atom is -0.489 e. The van der Waals surface area contributed by atoms with Gasteiger partial charge >= 0.3 is 5.97 Å². The molecule has 0 heterocycles. The molecule has 0 bridgehead atoms. The van der Waals surface area contributed by atoms with E-state index in [1.807, 2.05) is 24.3 Å². The number of hydrogen-bond donors (Lipinski definition) is 2. The summed E-state index contributed by atoms with van der Waals surface area (Å²) in [6.07, 6.45) is 17.8. The van der Waals surface area contributed by atoms with Crippen molar-refractivity contribution >= 4 is 11.7 Å². The third-order valence-electron chi connectivity index (χ3n) is 5.25. The van der Waals surface area contributed by atoms with Crippen molar-refractivity contribution in [2.75, 3.05) is 5.73 Å². The van der Waals surface area contributed by atoms with Gasteiger partial charge in [-0.3, -0.25) is 4.79 Å². The molecule has 0 saturated heterocycles. The van der Waals surface area contributed by atoms with Crippen LogP contribution in [0.4, 0.5) is 5.69 Å². The molecule has 1 atom stereocenters. The Labute approximate surface area is 171 Å². The zero-order valence-corrected chi connectivity index (χ0v) is 17.8. The van der Waals surface area contributed by atoms with E-state index in [9.17, 15) is 4.79 Å². The number of unbranched alkanes of at least 4 members (excludes halogenated alkanes) is 12. The summed E-state index contributed by atoms with van der Waals surface area (Å²) >= 11 is 0. The maximum absolute atomic E-state index is 10.4. The first kappa shape index (κ1) is 24.3. The predicted molar refractivity (Wildman–Crippen MR) is 118 cm³/mol. The van der Waals surface area contributed by atoms with Gasteiger partial charge in [0.15, 0.2) is 0 Å². The summed E-state index contributed by atoms with van der Waals surface area (Å²) < 4.78 is 5.92. The van der Waals surface area contributed by atoms with E-state index in [1.54, 1.807) is 0 Å². The first-order valence-corrected chi connectivity index (χ1v) is 11.3. The molecule has 0 aromatic heterocycles. The molecule has 1 aromatic carbocycles. The molecule has 4 heteroatoms. The molecule has 0 radical (unpaired) electrons. The second kappa shape index (κ2) is 16.3. The Morgan fingerprint density at radius 2 is 1.32 bits per heavy atom. The molecule has 0 aliphatic heterocycles. The van der Waals surface area contributed by atoms with Gasteiger partial charge < -0.3 is 15.6 Å². The van der Waals surface area contributed by atoms with Crippen LogP contribution in [0, 0.1) is 0 Å². The van der Waals surface area contributed by atoms with E-state index < -0.39 is 5.97 Å². The van der Waals surface area contributed by atoms with Gasteiger partial charge in [0.1, 0.15) is 5.75 Å². The Morgan fingerprint density at radius 3 is 1.82 bits per heavy atom. The molecule has 160 valence electrons. The van der Waals surface area contributed by atoms with Crippen molar-refractivity contribution in [2.24, 2.45) is 0 Å². The molecule has 0 amide bonds. The molecule has 0 spiro atoms. The molecule has 1 aromatic rings. The van der Waals surface area contributed by atoms with E-state index in [4.69, 9.17) is 15.6 Å². The van der Waals surface area contributed by atoms with Crippen LogP contribution in [0.1, 0.15) is 103 Å². The van der Waals surface area contributed by atoms with Gasteiger partial charge in [-0.15, -0.1) is 0 Å². The maximum Gasteiger partial charge on any atom is 0.303 e. The fraction of sp³-hybridized carbons (Fsp3) is 0.708. The zero-order chi connectivity index (χ0) is 20.5. The summed E-state index contributed by atoms with van der Waals surface area (Å²) in [4.78, 5) is 10.4. The van der Waals surface area contributed by atoms with Crippen LogP contribution in [0.3, 0.4) is 0 Å². The van der Waals surface area contributed by atoms with Crippen LogP contribution in [0.2, 0.25) is 0 Å². The Bertz CT molecular complexity index is 518. The van der Waals surface area contributed by atoms with Gasteiger partial charge in [-0.05, 0) is 38.3 Å². The van der Waals surface area contributed by atoms with Crippen molar-refractivity contribution in [3.05, 3.63) is 24.3 Å². The highest BCUT2D eigenvalue weighted by Crippen LogP contribution is 2.22. The first-order valence-electron chi connectivity index (χ1n) is 11.3. The molecule has 0 aliphatic carbocycles. The fourth-order valence-electron chi connectivity index (χ4n) is 3.52. The highest BCUT2D eigenvalue weighted by Gasteiger charge is 2.06. The molecule has 28 heavy (non-hydrogen) atoms. The number of hydrogen-bond acceptors (Lipinski definition) is 3. The number of carbonyl (C=O) groups is 1. The quantitative estimate of drug-likeness (QED) is 0.209. The average molecular weight is 392 g/mol. The Balaban J connectivity index is 1.82. The molecule has 4 nitrogen and oxygen atoms in total. The predicted octanol–water partition coefficient (Wildman–Crippen LogP) is 6.97. The van der Waals surface area contributed by atoms with Crippen LogP contribution < -0.4 is 10.5 Å². The van der Waals surface area contributed by atoms with E-state index in [1.165, 1.54) is 70.6 Å². The molecular weight excluding hydrogens is 350 g/mol. The summed E-state index contributed by atoms with van der Waals surface area (Å²) in [6.45, 7) is 2.12. The van der Waals surface area contributed by atoms with Gasteiger partial charge in [-0.1, -0.05) is 82.8 Å². The molecule has 0 saturated carbocycles. The van der Waals surface area contributed by atoms with Gasteiger partial charge in [0.2, 0.25) is 0 Å². The Morgan fingerprint density at radius 1 is 0.857 bits per heavy atom. The van der Waals surface area contributed by atoms with Crippen molar-refractivity contribution in [2.45, 2.75) is 109 Å². The number of ether oxygens (including phenoxy) is 1. The summed E-state index contributed by atoms with van der Waals surface area (Å²) in [5, 5.41) is 8.58. The summed E-state index contributed by atoms with van der Waals surface area (Å²) in [6, 6.07) is 7.70. The van der Waals surface area contributed by atoms with Crippen LogP contribution >= 0.6 is 0 Å². The lowest BCUT2D eigenvalue weighted by Crippen LogP contribution is -2.12. The van der Waals surface area contributed by atoms with E-state index in [0.29, 0.717) is 12.1 Å². The standard InChI is InChI=1S/C24H41NO3/c1-21(28-23-19-16-15-18-22(23)25)17-13-11-9-7-5-3-2-4-6-8-10-12-14-20-24(26)27/h15-16,18-19,21H,2-14,17,20,25H2,1H3,(H,26,27).